The van der Waals surface area contributed by atoms with Gasteiger partial charge in [0, 0.05) is 0 Å². The number of carbonyl (C=O) groups is 3. The van der Waals surface area contributed by atoms with Crippen molar-refractivity contribution in [3.8, 4) is 0 Å². The Kier molecular flexibility index (Phi) is 11.9. The number of amides is 1. The smallest absolute Gasteiger partial charge is 0.390 e. The first kappa shape index (κ1) is 21.3. The number of nitrogens with one attached hydrogen (secondary N) is 1. The third-order valence-corrected chi connectivity index (χ3v) is 2.01. The number of hydrogen-bond acceptors (Lipinski definition) is 12. The topological polar surface area (TPSA) is 179 Å². The highest BCUT2D eigenvalue weighted by Crippen LogP contribution is 2.04. The van der Waals surface area contributed by atoms with Crippen LogP contribution in [0.25, 0.3) is 0 Å². The summed E-state index contributed by atoms with van der Waals surface area (Å²) in [4.78, 5) is 73.1. The molecule has 0 aliphatic carbocycles. The number of alkyl carbamates (subject to hydrolysis) is 1. The molecule has 0 heterocycles. The standard InChI is InChI=1S/C12H12N4O9/c17-6-13-3-1-9(20)23-12(24-10(21)2-4-14-7-18)25-11(22)16-5-15-8-19/h12H,1-5H2,(H,16,22). The average Bonchev–Trinajstić information content (AvgIpc) is 2.55. The molecule has 134 valence electrons. The third-order valence-electron chi connectivity index (χ3n) is 2.01. The summed E-state index contributed by atoms with van der Waals surface area (Å²) in [5.41, 5.74) is 0. The molecule has 0 radical (unpaired) electrons. The molecular formula is C12H12N4O9. The van der Waals surface area contributed by atoms with Crippen molar-refractivity contribution in [3.05, 3.63) is 0 Å². The van der Waals surface area contributed by atoms with Crippen LogP contribution in [0.4, 0.5) is 4.79 Å². The van der Waals surface area contributed by atoms with Gasteiger partial charge in [0.05, 0.1) is 25.9 Å². The van der Waals surface area contributed by atoms with Crippen LogP contribution in [0.15, 0.2) is 15.0 Å². The van der Waals surface area contributed by atoms with E-state index in [1.54, 1.807) is 0 Å². The van der Waals surface area contributed by atoms with Gasteiger partial charge in [-0.2, -0.15) is 4.99 Å². The van der Waals surface area contributed by atoms with E-state index in [1.807, 2.05) is 5.32 Å². The maximum atomic E-state index is 11.5. The Morgan fingerprint density at radius 2 is 1.28 bits per heavy atom. The zero-order valence-electron chi connectivity index (χ0n) is 12.6. The lowest BCUT2D eigenvalue weighted by molar-refractivity contribution is -0.244. The molecule has 0 aromatic carbocycles. The molecular weight excluding hydrogens is 344 g/mol. The summed E-state index contributed by atoms with van der Waals surface area (Å²) in [5.74, 6) is -2.00. The molecule has 0 saturated heterocycles. The highest BCUT2D eigenvalue weighted by Gasteiger charge is 2.23. The summed E-state index contributed by atoms with van der Waals surface area (Å²) in [5, 5.41) is 1.95. The summed E-state index contributed by atoms with van der Waals surface area (Å²) in [6, 6.07) is 0. The van der Waals surface area contributed by atoms with Gasteiger partial charge < -0.3 is 19.5 Å². The number of rotatable bonds is 11. The van der Waals surface area contributed by atoms with Gasteiger partial charge in [-0.25, -0.2) is 29.2 Å². The fourth-order valence-corrected chi connectivity index (χ4v) is 1.06. The van der Waals surface area contributed by atoms with Gasteiger partial charge >= 0.3 is 24.5 Å². The average molecular weight is 356 g/mol. The molecule has 0 rings (SSSR count). The fraction of sp³-hybridized carbons (Fsp3) is 0.500. The van der Waals surface area contributed by atoms with Gasteiger partial charge in [0.2, 0.25) is 18.2 Å². The molecule has 0 fully saturated rings. The highest BCUT2D eigenvalue weighted by atomic mass is 16.9. The van der Waals surface area contributed by atoms with Crippen LogP contribution >= 0.6 is 0 Å². The van der Waals surface area contributed by atoms with E-state index in [9.17, 15) is 28.8 Å². The van der Waals surface area contributed by atoms with E-state index < -0.39 is 31.2 Å². The number of carbonyl (C=O) groups excluding carboxylic acids is 6. The van der Waals surface area contributed by atoms with Crippen molar-refractivity contribution < 1.29 is 43.0 Å². The van der Waals surface area contributed by atoms with Crippen LogP contribution in [0.1, 0.15) is 12.8 Å². The van der Waals surface area contributed by atoms with Crippen molar-refractivity contribution in [2.24, 2.45) is 15.0 Å². The summed E-state index contributed by atoms with van der Waals surface area (Å²) < 4.78 is 13.7. The molecule has 0 aromatic heterocycles. The second kappa shape index (κ2) is 14.0. The van der Waals surface area contributed by atoms with Crippen molar-refractivity contribution in [2.75, 3.05) is 19.8 Å². The SMILES string of the molecule is O=C=NCCC(=O)OC(OC(=O)CCN=C=O)OC(=O)NCN=C=O. The fourth-order valence-electron chi connectivity index (χ4n) is 1.06. The van der Waals surface area contributed by atoms with Gasteiger partial charge in [-0.05, 0) is 0 Å². The molecule has 1 amide bonds. The van der Waals surface area contributed by atoms with Crippen LogP contribution in [0.3, 0.4) is 0 Å². The molecule has 0 aliphatic rings. The number of nitrogens with zero attached hydrogens (tertiary/aromatic N) is 3. The zero-order valence-corrected chi connectivity index (χ0v) is 12.6. The lowest BCUT2D eigenvalue weighted by atomic mass is 10.4. The van der Waals surface area contributed by atoms with E-state index in [4.69, 9.17) is 0 Å². The molecule has 0 unspecified atom stereocenters. The number of esters is 2. The Morgan fingerprint density at radius 1 is 0.800 bits per heavy atom. The van der Waals surface area contributed by atoms with Gasteiger partial charge in [-0.3, -0.25) is 9.59 Å². The lowest BCUT2D eigenvalue weighted by Gasteiger charge is -2.17. The molecule has 0 saturated carbocycles. The molecule has 13 nitrogen and oxygen atoms in total. The monoisotopic (exact) mass is 356 g/mol. The Labute approximate surface area is 139 Å². The second-order valence-corrected chi connectivity index (χ2v) is 3.70. The van der Waals surface area contributed by atoms with E-state index >= 15 is 0 Å². The minimum atomic E-state index is -2.05. The number of isocyanates is 3. The van der Waals surface area contributed by atoms with Crippen LogP contribution in [-0.4, -0.2) is 62.5 Å². The van der Waals surface area contributed by atoms with E-state index in [1.165, 1.54) is 12.2 Å². The second-order valence-electron chi connectivity index (χ2n) is 3.70. The first-order chi connectivity index (χ1) is 12.0. The van der Waals surface area contributed by atoms with Gasteiger partial charge in [0.15, 0.2) is 0 Å². The Balaban J connectivity index is 4.66. The minimum absolute atomic E-state index is 0.239. The summed E-state index contributed by atoms with van der Waals surface area (Å²) in [6.45, 7) is -3.01. The van der Waals surface area contributed by atoms with Crippen molar-refractivity contribution in [1.29, 1.82) is 0 Å². The van der Waals surface area contributed by atoms with Crippen LogP contribution < -0.4 is 5.32 Å². The van der Waals surface area contributed by atoms with Gasteiger partial charge in [-0.1, -0.05) is 0 Å². The number of hydrogen-bond donors (Lipinski definition) is 1. The van der Waals surface area contributed by atoms with E-state index in [0.29, 0.717) is 0 Å². The largest absolute Gasteiger partial charge is 0.414 e. The van der Waals surface area contributed by atoms with Crippen LogP contribution in [-0.2, 0) is 38.2 Å². The minimum Gasteiger partial charge on any atom is -0.390 e. The predicted molar refractivity (Wildman–Crippen MR) is 73.8 cm³/mol. The van der Waals surface area contributed by atoms with Gasteiger partial charge in [-0.15, -0.1) is 0 Å². The maximum absolute atomic E-state index is 11.5. The van der Waals surface area contributed by atoms with E-state index in [2.05, 4.69) is 29.2 Å². The Morgan fingerprint density at radius 3 is 1.72 bits per heavy atom. The number of ether oxygens (including phenoxy) is 3. The predicted octanol–water partition coefficient (Wildman–Crippen LogP) is -1.17. The molecule has 0 aromatic rings. The maximum Gasteiger partial charge on any atom is 0.414 e. The van der Waals surface area contributed by atoms with Crippen molar-refractivity contribution >= 4 is 36.3 Å². The molecule has 25 heavy (non-hydrogen) atoms. The first-order valence-corrected chi connectivity index (χ1v) is 6.47. The third kappa shape index (κ3) is 12.6. The quantitative estimate of drug-likeness (QED) is 0.206. The van der Waals surface area contributed by atoms with Crippen LogP contribution in [0, 0.1) is 0 Å². The van der Waals surface area contributed by atoms with E-state index in [-0.39, 0.29) is 25.9 Å². The molecule has 0 bridgehead atoms. The van der Waals surface area contributed by atoms with Gasteiger partial charge in [0.25, 0.3) is 0 Å². The van der Waals surface area contributed by atoms with Crippen molar-refractivity contribution in [3.63, 3.8) is 0 Å². The van der Waals surface area contributed by atoms with E-state index in [0.717, 1.165) is 6.08 Å². The molecule has 13 heteroatoms. The summed E-state index contributed by atoms with van der Waals surface area (Å²) >= 11 is 0. The highest BCUT2D eigenvalue weighted by molar-refractivity contribution is 5.72. The van der Waals surface area contributed by atoms with Crippen molar-refractivity contribution in [2.45, 2.75) is 19.3 Å². The number of aliphatic imine (C=N–C) groups is 3. The molecule has 1 N–H and O–H groups in total. The first-order valence-electron chi connectivity index (χ1n) is 6.47. The van der Waals surface area contributed by atoms with Crippen molar-refractivity contribution in [1.82, 2.24) is 5.32 Å². The normalized spacial score (nSPS) is 9.92. The summed E-state index contributed by atoms with van der Waals surface area (Å²) in [6.07, 6.45) is 1.58. The Hall–Kier alpha value is -3.65. The lowest BCUT2D eigenvalue weighted by Crippen LogP contribution is -2.35. The Bertz CT molecular complexity index is 530. The zero-order chi connectivity index (χ0) is 18.9. The van der Waals surface area contributed by atoms with Crippen LogP contribution in [0.5, 0.6) is 0 Å². The summed E-state index contributed by atoms with van der Waals surface area (Å²) in [7, 11) is 0. The molecule has 0 aliphatic heterocycles. The van der Waals surface area contributed by atoms with Gasteiger partial charge in [0.1, 0.15) is 6.67 Å². The molecule has 0 atom stereocenters. The van der Waals surface area contributed by atoms with Crippen LogP contribution in [0.2, 0.25) is 0 Å². The molecule has 0 spiro atoms.